The van der Waals surface area contributed by atoms with Gasteiger partial charge in [-0.2, -0.15) is 5.10 Å². The Balaban J connectivity index is 1.45. The normalized spacial score (nSPS) is 15.2. The molecule has 8 nitrogen and oxygen atoms in total. The summed E-state index contributed by atoms with van der Waals surface area (Å²) in [6.45, 7) is 3.84. The molecular formula is C21H23N3O5. The van der Waals surface area contributed by atoms with Crippen LogP contribution < -0.4 is 25.0 Å². The maximum Gasteiger partial charge on any atom is 0.284 e. The minimum Gasteiger partial charge on any atom is -0.485 e. The number of para-hydroxylation sites is 2. The molecule has 1 atom stereocenters. The topological polar surface area (TPSA) is 98.2 Å². The van der Waals surface area contributed by atoms with Gasteiger partial charge < -0.3 is 19.5 Å². The molecule has 0 fully saturated rings. The highest BCUT2D eigenvalue weighted by molar-refractivity contribution is 5.85. The van der Waals surface area contributed by atoms with E-state index in [0.29, 0.717) is 17.2 Å². The van der Waals surface area contributed by atoms with Crippen LogP contribution in [0.25, 0.3) is 0 Å². The molecule has 0 saturated carbocycles. The molecule has 152 valence electrons. The van der Waals surface area contributed by atoms with Crippen LogP contribution in [0.3, 0.4) is 0 Å². The third kappa shape index (κ3) is 5.97. The van der Waals surface area contributed by atoms with Crippen molar-refractivity contribution in [1.29, 1.82) is 0 Å². The van der Waals surface area contributed by atoms with Crippen molar-refractivity contribution in [2.45, 2.75) is 26.0 Å². The van der Waals surface area contributed by atoms with E-state index in [4.69, 9.17) is 14.2 Å². The smallest absolute Gasteiger partial charge is 0.284 e. The predicted molar refractivity (Wildman–Crippen MR) is 107 cm³/mol. The second-order valence-corrected chi connectivity index (χ2v) is 6.68. The Bertz CT molecular complexity index is 880. The van der Waals surface area contributed by atoms with Crippen LogP contribution in [0.2, 0.25) is 0 Å². The first-order chi connectivity index (χ1) is 14.0. The summed E-state index contributed by atoms with van der Waals surface area (Å²) in [4.78, 5) is 23.8. The van der Waals surface area contributed by atoms with E-state index in [0.717, 1.165) is 5.56 Å². The van der Waals surface area contributed by atoms with Gasteiger partial charge in [-0.15, -0.1) is 0 Å². The number of hydrazone groups is 1. The summed E-state index contributed by atoms with van der Waals surface area (Å²) < 4.78 is 16.6. The quantitative estimate of drug-likeness (QED) is 0.549. The number of fused-ring (bicyclic) bond motifs is 1. The number of benzene rings is 2. The van der Waals surface area contributed by atoms with E-state index in [9.17, 15) is 9.59 Å². The number of nitrogens with zero attached hydrogens (tertiary/aromatic N) is 1. The highest BCUT2D eigenvalue weighted by atomic mass is 16.6. The molecule has 0 spiro atoms. The lowest BCUT2D eigenvalue weighted by atomic mass is 10.2. The third-order valence-corrected chi connectivity index (χ3v) is 3.89. The van der Waals surface area contributed by atoms with Gasteiger partial charge in [0.25, 0.3) is 11.8 Å². The predicted octanol–water partition coefficient (Wildman–Crippen LogP) is 1.88. The molecular weight excluding hydrogens is 374 g/mol. The highest BCUT2D eigenvalue weighted by Gasteiger charge is 2.26. The van der Waals surface area contributed by atoms with Gasteiger partial charge in [0.2, 0.25) is 6.10 Å². The number of carbonyl (C=O) groups is 2. The van der Waals surface area contributed by atoms with Crippen molar-refractivity contribution in [2.75, 3.05) is 13.2 Å². The van der Waals surface area contributed by atoms with Crippen LogP contribution in [-0.4, -0.2) is 43.4 Å². The van der Waals surface area contributed by atoms with Gasteiger partial charge in [-0.3, -0.25) is 9.59 Å². The second kappa shape index (κ2) is 9.59. The third-order valence-electron chi connectivity index (χ3n) is 3.89. The highest BCUT2D eigenvalue weighted by Crippen LogP contribution is 2.30. The zero-order valence-electron chi connectivity index (χ0n) is 16.3. The standard InChI is InChI=1S/C21H23N3O5/c1-14(2)23-20(25)13-27-16-9-7-15(8-10-16)11-22-24-21(26)19-12-28-17-5-3-4-6-18(17)29-19/h3-11,14,19H,12-13H2,1-2H3,(H,23,25)(H,24,26)/b22-11-/t19-/m1/s1. The van der Waals surface area contributed by atoms with Gasteiger partial charge in [0, 0.05) is 6.04 Å². The van der Waals surface area contributed by atoms with Gasteiger partial charge in [0.1, 0.15) is 12.4 Å². The van der Waals surface area contributed by atoms with Crippen LogP contribution in [-0.2, 0) is 9.59 Å². The van der Waals surface area contributed by atoms with E-state index in [1.807, 2.05) is 26.0 Å². The second-order valence-electron chi connectivity index (χ2n) is 6.68. The van der Waals surface area contributed by atoms with Crippen molar-refractivity contribution >= 4 is 18.0 Å². The Labute approximate surface area is 168 Å². The first-order valence-corrected chi connectivity index (χ1v) is 9.25. The van der Waals surface area contributed by atoms with Crippen molar-refractivity contribution in [3.8, 4) is 17.2 Å². The van der Waals surface area contributed by atoms with Crippen molar-refractivity contribution in [3.05, 3.63) is 54.1 Å². The van der Waals surface area contributed by atoms with Gasteiger partial charge in [0.15, 0.2) is 18.1 Å². The van der Waals surface area contributed by atoms with Gasteiger partial charge in [0.05, 0.1) is 6.21 Å². The van der Waals surface area contributed by atoms with Crippen molar-refractivity contribution in [3.63, 3.8) is 0 Å². The lowest BCUT2D eigenvalue weighted by molar-refractivity contribution is -0.130. The van der Waals surface area contributed by atoms with E-state index in [1.54, 1.807) is 36.4 Å². The van der Waals surface area contributed by atoms with Gasteiger partial charge in [-0.05, 0) is 55.8 Å². The first-order valence-electron chi connectivity index (χ1n) is 9.25. The Hall–Kier alpha value is -3.55. The molecule has 0 bridgehead atoms. The monoisotopic (exact) mass is 397 g/mol. The van der Waals surface area contributed by atoms with Crippen LogP contribution in [0.1, 0.15) is 19.4 Å². The average Bonchev–Trinajstić information content (AvgIpc) is 2.72. The zero-order chi connectivity index (χ0) is 20.6. The first kappa shape index (κ1) is 20.2. The average molecular weight is 397 g/mol. The van der Waals surface area contributed by atoms with Crippen LogP contribution in [0.4, 0.5) is 0 Å². The minimum atomic E-state index is -0.769. The Morgan fingerprint density at radius 3 is 2.62 bits per heavy atom. The van der Waals surface area contributed by atoms with Crippen LogP contribution in [0.5, 0.6) is 17.2 Å². The van der Waals surface area contributed by atoms with Gasteiger partial charge >= 0.3 is 0 Å². The lowest BCUT2D eigenvalue weighted by Gasteiger charge is -2.24. The zero-order valence-corrected chi connectivity index (χ0v) is 16.3. The minimum absolute atomic E-state index is 0.0474. The van der Waals surface area contributed by atoms with Crippen LogP contribution in [0, 0.1) is 0 Å². The van der Waals surface area contributed by atoms with E-state index in [2.05, 4.69) is 15.8 Å². The number of carbonyl (C=O) groups excluding carboxylic acids is 2. The molecule has 29 heavy (non-hydrogen) atoms. The van der Waals surface area contributed by atoms with E-state index in [-0.39, 0.29) is 25.2 Å². The summed E-state index contributed by atoms with van der Waals surface area (Å²) in [5.74, 6) is 1.14. The molecule has 3 rings (SSSR count). The molecule has 0 aromatic heterocycles. The van der Waals surface area contributed by atoms with Crippen molar-refractivity contribution in [2.24, 2.45) is 5.10 Å². The SMILES string of the molecule is CC(C)NC(=O)COc1ccc(/C=N\NC(=O)[C@H]2COc3ccccc3O2)cc1. The van der Waals surface area contributed by atoms with Crippen LogP contribution >= 0.6 is 0 Å². The van der Waals surface area contributed by atoms with Crippen molar-refractivity contribution in [1.82, 2.24) is 10.7 Å². The fourth-order valence-corrected chi connectivity index (χ4v) is 2.55. The van der Waals surface area contributed by atoms with E-state index < -0.39 is 12.0 Å². The van der Waals surface area contributed by atoms with Gasteiger partial charge in [-0.25, -0.2) is 5.43 Å². The molecule has 0 radical (unpaired) electrons. The van der Waals surface area contributed by atoms with E-state index in [1.165, 1.54) is 6.21 Å². The molecule has 2 aromatic carbocycles. The summed E-state index contributed by atoms with van der Waals surface area (Å²) in [5.41, 5.74) is 3.21. The number of amides is 2. The number of hydrogen-bond donors (Lipinski definition) is 2. The molecule has 1 aliphatic rings. The molecule has 0 unspecified atom stereocenters. The molecule has 1 aliphatic heterocycles. The molecule has 0 aliphatic carbocycles. The molecule has 2 amide bonds. The maximum atomic E-state index is 12.2. The summed E-state index contributed by atoms with van der Waals surface area (Å²) in [6.07, 6.45) is 0.736. The maximum absolute atomic E-state index is 12.2. The number of ether oxygens (including phenoxy) is 3. The molecule has 2 aromatic rings. The summed E-state index contributed by atoms with van der Waals surface area (Å²) in [7, 11) is 0. The lowest BCUT2D eigenvalue weighted by Crippen LogP contribution is -2.42. The van der Waals surface area contributed by atoms with E-state index >= 15 is 0 Å². The fraction of sp³-hybridized carbons (Fsp3) is 0.286. The molecule has 1 heterocycles. The molecule has 2 N–H and O–H groups in total. The summed E-state index contributed by atoms with van der Waals surface area (Å²) in [6, 6.07) is 14.2. The molecule has 0 saturated heterocycles. The fourth-order valence-electron chi connectivity index (χ4n) is 2.55. The number of rotatable bonds is 7. The largest absolute Gasteiger partial charge is 0.485 e. The molecule has 8 heteroatoms. The summed E-state index contributed by atoms with van der Waals surface area (Å²) >= 11 is 0. The van der Waals surface area contributed by atoms with Gasteiger partial charge in [-0.1, -0.05) is 12.1 Å². The number of hydrogen-bond acceptors (Lipinski definition) is 6. The Morgan fingerprint density at radius 2 is 1.90 bits per heavy atom. The van der Waals surface area contributed by atoms with Crippen molar-refractivity contribution < 1.29 is 23.8 Å². The Morgan fingerprint density at radius 1 is 1.17 bits per heavy atom. The number of nitrogens with one attached hydrogen (secondary N) is 2. The Kier molecular flexibility index (Phi) is 6.67. The van der Waals surface area contributed by atoms with Crippen LogP contribution in [0.15, 0.2) is 53.6 Å². The summed E-state index contributed by atoms with van der Waals surface area (Å²) in [5, 5.41) is 6.70.